The molecule has 0 saturated carbocycles. The van der Waals surface area contributed by atoms with Gasteiger partial charge in [-0.1, -0.05) is 6.07 Å². The van der Waals surface area contributed by atoms with Gasteiger partial charge in [0.15, 0.2) is 5.96 Å². The van der Waals surface area contributed by atoms with Crippen LogP contribution in [0.5, 0.6) is 0 Å². The molecular formula is C15H22F3IN4O. The largest absolute Gasteiger partial charge is 0.416 e. The van der Waals surface area contributed by atoms with Crippen LogP contribution in [0.4, 0.5) is 18.9 Å². The zero-order valence-electron chi connectivity index (χ0n) is 13.6. The summed E-state index contributed by atoms with van der Waals surface area (Å²) in [5.41, 5.74) is 0.133. The molecule has 1 saturated heterocycles. The van der Waals surface area contributed by atoms with Crippen molar-refractivity contribution in [2.45, 2.75) is 12.7 Å². The lowest BCUT2D eigenvalue weighted by Crippen LogP contribution is -2.36. The van der Waals surface area contributed by atoms with E-state index in [-0.39, 0.29) is 36.1 Å². The van der Waals surface area contributed by atoms with E-state index >= 15 is 0 Å². The third-order valence-corrected chi connectivity index (χ3v) is 3.68. The van der Waals surface area contributed by atoms with Gasteiger partial charge in [0.2, 0.25) is 0 Å². The second-order valence-corrected chi connectivity index (χ2v) is 5.11. The molecule has 0 unspecified atom stereocenters. The number of anilines is 1. The molecule has 1 aliphatic rings. The van der Waals surface area contributed by atoms with Gasteiger partial charge < -0.3 is 20.3 Å². The summed E-state index contributed by atoms with van der Waals surface area (Å²) in [4.78, 5) is 5.80. The van der Waals surface area contributed by atoms with E-state index in [1.165, 1.54) is 12.1 Å². The molecule has 0 radical (unpaired) electrons. The molecule has 1 aliphatic heterocycles. The van der Waals surface area contributed by atoms with E-state index in [1.807, 2.05) is 4.90 Å². The first-order chi connectivity index (χ1) is 11.0. The number of nitrogens with zero attached hydrogens (tertiary/aromatic N) is 2. The van der Waals surface area contributed by atoms with E-state index in [9.17, 15) is 13.2 Å². The molecule has 0 aliphatic carbocycles. The summed E-state index contributed by atoms with van der Waals surface area (Å²) in [5, 5.41) is 5.63. The minimum Gasteiger partial charge on any atom is -0.378 e. The zero-order valence-corrected chi connectivity index (χ0v) is 15.9. The number of hydrogen-bond acceptors (Lipinski definition) is 3. The smallest absolute Gasteiger partial charge is 0.378 e. The predicted octanol–water partition coefficient (Wildman–Crippen LogP) is 2.45. The summed E-state index contributed by atoms with van der Waals surface area (Å²) >= 11 is 0. The van der Waals surface area contributed by atoms with Crippen LogP contribution in [0.25, 0.3) is 0 Å². The standard InChI is InChI=1S/C15H21F3N4O.HI/c1-19-14(20-2)21-10-11-3-4-12(9-13(11)15(16,17)18)22-5-7-23-8-6-22;/h3-4,9H,5-8,10H2,1-2H3,(H2,19,20,21);1H. The highest BCUT2D eigenvalue weighted by atomic mass is 127. The van der Waals surface area contributed by atoms with Crippen molar-refractivity contribution in [3.63, 3.8) is 0 Å². The average molecular weight is 458 g/mol. The van der Waals surface area contributed by atoms with Crippen LogP contribution in [-0.2, 0) is 17.5 Å². The van der Waals surface area contributed by atoms with Gasteiger partial charge in [-0.15, -0.1) is 24.0 Å². The molecule has 0 atom stereocenters. The number of guanidine groups is 1. The number of rotatable bonds is 3. The number of ether oxygens (including phenoxy) is 1. The summed E-state index contributed by atoms with van der Waals surface area (Å²) in [6.45, 7) is 2.31. The van der Waals surface area contributed by atoms with Gasteiger partial charge in [0.1, 0.15) is 0 Å². The van der Waals surface area contributed by atoms with Crippen molar-refractivity contribution >= 4 is 35.6 Å². The Morgan fingerprint density at radius 1 is 1.29 bits per heavy atom. The molecule has 0 spiro atoms. The predicted molar refractivity (Wildman–Crippen MR) is 99.1 cm³/mol. The fraction of sp³-hybridized carbons (Fsp3) is 0.533. The topological polar surface area (TPSA) is 48.9 Å². The summed E-state index contributed by atoms with van der Waals surface area (Å²) in [7, 11) is 3.21. The molecule has 9 heteroatoms. The summed E-state index contributed by atoms with van der Waals surface area (Å²) in [5.74, 6) is 0.440. The zero-order chi connectivity index (χ0) is 16.9. The van der Waals surface area contributed by atoms with Crippen molar-refractivity contribution in [2.24, 2.45) is 4.99 Å². The SMILES string of the molecule is CN=C(NC)NCc1ccc(N2CCOCC2)cc1C(F)(F)F.I. The number of morpholine rings is 1. The first-order valence-corrected chi connectivity index (χ1v) is 7.37. The number of benzene rings is 1. The third kappa shape index (κ3) is 5.40. The summed E-state index contributed by atoms with van der Waals surface area (Å²) in [6.07, 6.45) is -4.40. The Labute approximate surface area is 156 Å². The number of hydrogen-bond donors (Lipinski definition) is 2. The molecule has 1 aromatic rings. The Kier molecular flexibility index (Phi) is 8.07. The number of alkyl halides is 3. The van der Waals surface area contributed by atoms with Gasteiger partial charge in [0, 0.05) is 39.4 Å². The van der Waals surface area contributed by atoms with Gasteiger partial charge in [-0.2, -0.15) is 13.2 Å². The maximum Gasteiger partial charge on any atom is 0.416 e. The van der Waals surface area contributed by atoms with E-state index in [0.717, 1.165) is 0 Å². The minimum absolute atomic E-state index is 0. The van der Waals surface area contributed by atoms with Crippen molar-refractivity contribution in [3.05, 3.63) is 29.3 Å². The third-order valence-electron chi connectivity index (χ3n) is 3.68. The van der Waals surface area contributed by atoms with Crippen molar-refractivity contribution in [2.75, 3.05) is 45.3 Å². The second-order valence-electron chi connectivity index (χ2n) is 5.11. The van der Waals surface area contributed by atoms with E-state index in [4.69, 9.17) is 4.74 Å². The van der Waals surface area contributed by atoms with Crippen molar-refractivity contribution in [1.29, 1.82) is 0 Å². The molecule has 1 aromatic carbocycles. The normalized spacial score (nSPS) is 15.7. The first kappa shape index (κ1) is 20.8. The maximum atomic E-state index is 13.4. The van der Waals surface area contributed by atoms with Crippen LogP contribution < -0.4 is 15.5 Å². The lowest BCUT2D eigenvalue weighted by atomic mass is 10.1. The van der Waals surface area contributed by atoms with Crippen LogP contribution >= 0.6 is 24.0 Å². The minimum atomic E-state index is -4.40. The van der Waals surface area contributed by atoms with E-state index in [1.54, 1.807) is 20.2 Å². The van der Waals surface area contributed by atoms with Gasteiger partial charge in [-0.25, -0.2) is 0 Å². The Balaban J connectivity index is 0.00000288. The molecule has 0 amide bonds. The van der Waals surface area contributed by atoms with E-state index < -0.39 is 11.7 Å². The molecule has 1 heterocycles. The monoisotopic (exact) mass is 458 g/mol. The van der Waals surface area contributed by atoms with Gasteiger partial charge in [0.25, 0.3) is 0 Å². The fourth-order valence-corrected chi connectivity index (χ4v) is 2.46. The van der Waals surface area contributed by atoms with Crippen LogP contribution in [0.15, 0.2) is 23.2 Å². The van der Waals surface area contributed by atoms with Crippen LogP contribution in [0.2, 0.25) is 0 Å². The average Bonchev–Trinajstić information content (AvgIpc) is 2.56. The highest BCUT2D eigenvalue weighted by molar-refractivity contribution is 14.0. The second kappa shape index (κ2) is 9.30. The molecule has 2 N–H and O–H groups in total. The summed E-state index contributed by atoms with van der Waals surface area (Å²) in [6, 6.07) is 4.45. The highest BCUT2D eigenvalue weighted by Crippen LogP contribution is 2.34. The van der Waals surface area contributed by atoms with E-state index in [0.29, 0.717) is 38.0 Å². The number of nitrogens with one attached hydrogen (secondary N) is 2. The molecular weight excluding hydrogens is 436 g/mol. The van der Waals surface area contributed by atoms with Crippen molar-refractivity contribution in [3.8, 4) is 0 Å². The molecule has 0 bridgehead atoms. The van der Waals surface area contributed by atoms with Gasteiger partial charge in [-0.3, -0.25) is 4.99 Å². The number of halogens is 4. The molecule has 1 fully saturated rings. The fourth-order valence-electron chi connectivity index (χ4n) is 2.46. The lowest BCUT2D eigenvalue weighted by Gasteiger charge is -2.29. The quantitative estimate of drug-likeness (QED) is 0.415. The molecule has 136 valence electrons. The Morgan fingerprint density at radius 2 is 1.96 bits per heavy atom. The Hall–Kier alpha value is -1.23. The molecule has 24 heavy (non-hydrogen) atoms. The lowest BCUT2D eigenvalue weighted by molar-refractivity contribution is -0.138. The molecule has 2 rings (SSSR count). The van der Waals surface area contributed by atoms with Crippen molar-refractivity contribution < 1.29 is 17.9 Å². The maximum absolute atomic E-state index is 13.4. The van der Waals surface area contributed by atoms with Crippen molar-refractivity contribution in [1.82, 2.24) is 10.6 Å². The van der Waals surface area contributed by atoms with Crippen LogP contribution in [0, 0.1) is 0 Å². The Morgan fingerprint density at radius 3 is 2.50 bits per heavy atom. The number of aliphatic imine (C=N–C) groups is 1. The first-order valence-electron chi connectivity index (χ1n) is 7.37. The van der Waals surface area contributed by atoms with Gasteiger partial charge in [0.05, 0.1) is 18.8 Å². The van der Waals surface area contributed by atoms with Crippen LogP contribution in [0.3, 0.4) is 0 Å². The van der Waals surface area contributed by atoms with E-state index in [2.05, 4.69) is 15.6 Å². The Bertz CT molecular complexity index is 560. The van der Waals surface area contributed by atoms with Crippen LogP contribution in [0.1, 0.15) is 11.1 Å². The summed E-state index contributed by atoms with van der Waals surface area (Å²) < 4.78 is 45.3. The highest BCUT2D eigenvalue weighted by Gasteiger charge is 2.34. The van der Waals surface area contributed by atoms with Crippen LogP contribution in [-0.4, -0.2) is 46.4 Å². The van der Waals surface area contributed by atoms with Gasteiger partial charge in [-0.05, 0) is 17.7 Å². The molecule has 0 aromatic heterocycles. The van der Waals surface area contributed by atoms with Gasteiger partial charge >= 0.3 is 6.18 Å². The molecule has 5 nitrogen and oxygen atoms in total.